The van der Waals surface area contributed by atoms with Crippen LogP contribution in [0.15, 0.2) is 95.5 Å². The molecule has 1 heterocycles. The maximum Gasteiger partial charge on any atom is 0.160 e. The fourth-order valence-electron chi connectivity index (χ4n) is 3.45. The van der Waals surface area contributed by atoms with Crippen molar-refractivity contribution < 1.29 is 0 Å². The van der Waals surface area contributed by atoms with Crippen LogP contribution < -0.4 is 0 Å². The van der Waals surface area contributed by atoms with Gasteiger partial charge in [0.05, 0.1) is 11.2 Å². The van der Waals surface area contributed by atoms with E-state index in [0.717, 1.165) is 48.8 Å². The van der Waals surface area contributed by atoms with E-state index in [0.29, 0.717) is 0 Å². The number of halogens is 1. The number of fused-ring (bicyclic) bond motifs is 3. The molecule has 128 valence electrons. The molecule has 0 saturated heterocycles. The summed E-state index contributed by atoms with van der Waals surface area (Å²) in [5.74, 6) is 0.745. The smallest absolute Gasteiger partial charge is 0.160 e. The van der Waals surface area contributed by atoms with E-state index in [1.807, 2.05) is 36.4 Å². The molecule has 0 bridgehead atoms. The largest absolute Gasteiger partial charge is 0.227 e. The number of benzene rings is 4. The van der Waals surface area contributed by atoms with Crippen molar-refractivity contribution in [1.29, 1.82) is 0 Å². The molecule has 0 unspecified atom stereocenters. The molecule has 4 aromatic carbocycles. The third-order valence-electron chi connectivity index (χ3n) is 4.74. The quantitative estimate of drug-likeness (QED) is 0.296. The Morgan fingerprint density at radius 1 is 0.556 bits per heavy atom. The molecular formula is C24H15BrN2. The molecule has 3 heteroatoms. The summed E-state index contributed by atoms with van der Waals surface area (Å²) in [6.45, 7) is 0. The van der Waals surface area contributed by atoms with Crippen LogP contribution in [0.2, 0.25) is 0 Å². The number of rotatable bonds is 2. The molecule has 5 rings (SSSR count). The highest BCUT2D eigenvalue weighted by molar-refractivity contribution is 9.10. The standard InChI is InChI=1S/C24H15BrN2/c25-21-15-20-22(16-9-3-1-4-10-16)26-24(17-11-5-2-6-12-17)27-23(20)19-14-8-7-13-18(19)21/h1-15H. The van der Waals surface area contributed by atoms with Gasteiger partial charge in [-0.15, -0.1) is 0 Å². The van der Waals surface area contributed by atoms with Gasteiger partial charge >= 0.3 is 0 Å². The van der Waals surface area contributed by atoms with Gasteiger partial charge in [0, 0.05) is 26.4 Å². The fourth-order valence-corrected chi connectivity index (χ4v) is 4.02. The molecule has 2 nitrogen and oxygen atoms in total. The van der Waals surface area contributed by atoms with Crippen molar-refractivity contribution in [2.24, 2.45) is 0 Å². The van der Waals surface area contributed by atoms with E-state index in [9.17, 15) is 0 Å². The first-order valence-corrected chi connectivity index (χ1v) is 9.60. The minimum atomic E-state index is 0.745. The van der Waals surface area contributed by atoms with Gasteiger partial charge in [0.25, 0.3) is 0 Å². The van der Waals surface area contributed by atoms with E-state index in [1.165, 1.54) is 0 Å². The average molecular weight is 411 g/mol. The number of nitrogens with zero attached hydrogens (tertiary/aromatic N) is 2. The van der Waals surface area contributed by atoms with Gasteiger partial charge in [0.2, 0.25) is 0 Å². The normalized spacial score (nSPS) is 11.1. The summed E-state index contributed by atoms with van der Waals surface area (Å²) < 4.78 is 1.05. The Balaban J connectivity index is 1.94. The predicted octanol–water partition coefficient (Wildman–Crippen LogP) is 6.88. The highest BCUT2D eigenvalue weighted by Crippen LogP contribution is 2.36. The van der Waals surface area contributed by atoms with Gasteiger partial charge in [0.15, 0.2) is 5.82 Å². The summed E-state index contributed by atoms with van der Waals surface area (Å²) in [6, 6.07) is 30.9. The van der Waals surface area contributed by atoms with Crippen molar-refractivity contribution >= 4 is 37.6 Å². The summed E-state index contributed by atoms with van der Waals surface area (Å²) in [5.41, 5.74) is 4.03. The minimum Gasteiger partial charge on any atom is -0.227 e. The molecule has 0 aliphatic rings. The first-order chi connectivity index (χ1) is 13.3. The summed E-state index contributed by atoms with van der Waals surface area (Å²) >= 11 is 3.73. The van der Waals surface area contributed by atoms with Gasteiger partial charge in [-0.3, -0.25) is 0 Å². The molecule has 0 radical (unpaired) electrons. The molecule has 0 aliphatic heterocycles. The van der Waals surface area contributed by atoms with Gasteiger partial charge < -0.3 is 0 Å². The SMILES string of the molecule is Brc1cc2c(-c3ccccc3)nc(-c3ccccc3)nc2c2ccccc12. The zero-order chi connectivity index (χ0) is 18.2. The van der Waals surface area contributed by atoms with Crippen molar-refractivity contribution in [3.63, 3.8) is 0 Å². The Hall–Kier alpha value is -3.04. The Morgan fingerprint density at radius 3 is 1.85 bits per heavy atom. The van der Waals surface area contributed by atoms with Crippen LogP contribution in [-0.4, -0.2) is 9.97 Å². The summed E-state index contributed by atoms with van der Waals surface area (Å²) in [5, 5.41) is 3.33. The molecule has 0 fully saturated rings. The lowest BCUT2D eigenvalue weighted by Crippen LogP contribution is -1.96. The van der Waals surface area contributed by atoms with Crippen LogP contribution in [0.4, 0.5) is 0 Å². The van der Waals surface area contributed by atoms with Gasteiger partial charge in [-0.25, -0.2) is 9.97 Å². The van der Waals surface area contributed by atoms with Crippen LogP contribution in [0.5, 0.6) is 0 Å². The van der Waals surface area contributed by atoms with Crippen molar-refractivity contribution in [2.75, 3.05) is 0 Å². The Morgan fingerprint density at radius 2 is 1.15 bits per heavy atom. The van der Waals surface area contributed by atoms with Gasteiger partial charge in [-0.1, -0.05) is 101 Å². The second-order valence-electron chi connectivity index (χ2n) is 6.43. The van der Waals surface area contributed by atoms with Crippen LogP contribution in [0.25, 0.3) is 44.3 Å². The van der Waals surface area contributed by atoms with Crippen LogP contribution in [0.3, 0.4) is 0 Å². The second-order valence-corrected chi connectivity index (χ2v) is 7.28. The third kappa shape index (κ3) is 2.81. The Labute approximate surface area is 165 Å². The lowest BCUT2D eigenvalue weighted by atomic mass is 10.0. The minimum absolute atomic E-state index is 0.745. The monoisotopic (exact) mass is 410 g/mol. The van der Waals surface area contributed by atoms with E-state index in [1.54, 1.807) is 0 Å². The van der Waals surface area contributed by atoms with Gasteiger partial charge in [0.1, 0.15) is 0 Å². The predicted molar refractivity (Wildman–Crippen MR) is 116 cm³/mol. The zero-order valence-electron chi connectivity index (χ0n) is 14.4. The lowest BCUT2D eigenvalue weighted by Gasteiger charge is -2.12. The van der Waals surface area contributed by atoms with Crippen LogP contribution in [-0.2, 0) is 0 Å². The highest BCUT2D eigenvalue weighted by Gasteiger charge is 2.15. The van der Waals surface area contributed by atoms with Crippen molar-refractivity contribution in [3.05, 3.63) is 95.5 Å². The van der Waals surface area contributed by atoms with E-state index in [4.69, 9.17) is 9.97 Å². The van der Waals surface area contributed by atoms with Crippen molar-refractivity contribution in [2.45, 2.75) is 0 Å². The van der Waals surface area contributed by atoms with Crippen LogP contribution in [0, 0.1) is 0 Å². The first kappa shape index (κ1) is 16.2. The molecule has 0 spiro atoms. The fraction of sp³-hybridized carbons (Fsp3) is 0. The maximum atomic E-state index is 4.97. The molecule has 0 aliphatic carbocycles. The molecule has 5 aromatic rings. The molecule has 0 saturated carbocycles. The van der Waals surface area contributed by atoms with E-state index >= 15 is 0 Å². The maximum absolute atomic E-state index is 4.97. The highest BCUT2D eigenvalue weighted by atomic mass is 79.9. The van der Waals surface area contributed by atoms with Gasteiger partial charge in [-0.2, -0.15) is 0 Å². The molecule has 0 N–H and O–H groups in total. The average Bonchev–Trinajstić information content (AvgIpc) is 2.75. The van der Waals surface area contributed by atoms with Gasteiger partial charge in [-0.05, 0) is 11.5 Å². The molecule has 0 amide bonds. The van der Waals surface area contributed by atoms with Crippen molar-refractivity contribution in [1.82, 2.24) is 9.97 Å². The molecular weight excluding hydrogens is 396 g/mol. The summed E-state index contributed by atoms with van der Waals surface area (Å²) in [6.07, 6.45) is 0. The topological polar surface area (TPSA) is 25.8 Å². The van der Waals surface area contributed by atoms with Crippen LogP contribution in [0.1, 0.15) is 0 Å². The first-order valence-electron chi connectivity index (χ1n) is 8.81. The number of aromatic nitrogens is 2. The van der Waals surface area contributed by atoms with E-state index in [-0.39, 0.29) is 0 Å². The van der Waals surface area contributed by atoms with Crippen LogP contribution >= 0.6 is 15.9 Å². The molecule has 0 atom stereocenters. The molecule has 27 heavy (non-hydrogen) atoms. The zero-order valence-corrected chi connectivity index (χ0v) is 16.0. The summed E-state index contributed by atoms with van der Waals surface area (Å²) in [4.78, 5) is 9.93. The second kappa shape index (κ2) is 6.60. The molecule has 1 aromatic heterocycles. The van der Waals surface area contributed by atoms with E-state index < -0.39 is 0 Å². The Kier molecular flexibility index (Phi) is 3.95. The number of hydrogen-bond donors (Lipinski definition) is 0. The Bertz CT molecular complexity index is 1270. The number of hydrogen-bond acceptors (Lipinski definition) is 2. The van der Waals surface area contributed by atoms with Crippen molar-refractivity contribution in [3.8, 4) is 22.6 Å². The third-order valence-corrected chi connectivity index (χ3v) is 5.39. The lowest BCUT2D eigenvalue weighted by molar-refractivity contribution is 1.23. The summed E-state index contributed by atoms with van der Waals surface area (Å²) in [7, 11) is 0. The van der Waals surface area contributed by atoms with E-state index in [2.05, 4.69) is 70.5 Å².